The summed E-state index contributed by atoms with van der Waals surface area (Å²) in [7, 11) is 0. The number of nitrogens with zero attached hydrogens (tertiary/aromatic N) is 1. The molecule has 3 heteroatoms. The number of rotatable bonds is 5. The van der Waals surface area contributed by atoms with Crippen LogP contribution >= 0.6 is 0 Å². The highest BCUT2D eigenvalue weighted by Gasteiger charge is 2.26. The number of hydrogen-bond donors (Lipinski definition) is 1. The van der Waals surface area contributed by atoms with E-state index in [-0.39, 0.29) is 0 Å². The Hall–Kier alpha value is -3.59. The zero-order valence-electron chi connectivity index (χ0n) is 19.2. The summed E-state index contributed by atoms with van der Waals surface area (Å²) >= 11 is 0. The van der Waals surface area contributed by atoms with Gasteiger partial charge >= 0.3 is 0 Å². The van der Waals surface area contributed by atoms with Gasteiger partial charge in [-0.3, -0.25) is 0 Å². The van der Waals surface area contributed by atoms with Crippen LogP contribution in [0.4, 0.5) is 0 Å². The van der Waals surface area contributed by atoms with Crippen LogP contribution in [0.3, 0.4) is 0 Å². The highest BCUT2D eigenvalue weighted by atomic mass is 16.4. The van der Waals surface area contributed by atoms with Crippen LogP contribution in [0.5, 0.6) is 5.75 Å². The summed E-state index contributed by atoms with van der Waals surface area (Å²) in [6.45, 7) is 4.19. The topological polar surface area (TPSA) is 46.3 Å². The maximum Gasteiger partial charge on any atom is 0.223 e. The Labute approximate surface area is 195 Å². The molecule has 3 nitrogen and oxygen atoms in total. The molecule has 1 N–H and O–H groups in total. The Morgan fingerprint density at radius 3 is 2.30 bits per heavy atom. The van der Waals surface area contributed by atoms with E-state index in [1.54, 1.807) is 6.07 Å². The van der Waals surface area contributed by atoms with Gasteiger partial charge in [-0.1, -0.05) is 77.9 Å². The number of phenols is 1. The molecular formula is C30H29NO2. The van der Waals surface area contributed by atoms with Gasteiger partial charge in [0.2, 0.25) is 5.89 Å². The second-order valence-electron chi connectivity index (χ2n) is 9.09. The van der Waals surface area contributed by atoms with Crippen LogP contribution in [0, 0.1) is 19.8 Å². The Kier molecular flexibility index (Phi) is 5.87. The van der Waals surface area contributed by atoms with Crippen molar-refractivity contribution >= 4 is 5.57 Å². The fraction of sp³-hybridized carbons (Fsp3) is 0.233. The highest BCUT2D eigenvalue weighted by Crippen LogP contribution is 2.40. The van der Waals surface area contributed by atoms with Gasteiger partial charge < -0.3 is 9.52 Å². The van der Waals surface area contributed by atoms with E-state index in [4.69, 9.17) is 9.40 Å². The van der Waals surface area contributed by atoms with E-state index in [1.165, 1.54) is 16.7 Å². The van der Waals surface area contributed by atoms with Gasteiger partial charge in [0, 0.05) is 16.7 Å². The van der Waals surface area contributed by atoms with E-state index < -0.39 is 0 Å². The van der Waals surface area contributed by atoms with E-state index in [1.807, 2.05) is 12.1 Å². The van der Waals surface area contributed by atoms with Crippen LogP contribution in [-0.4, -0.2) is 10.1 Å². The first-order valence-corrected chi connectivity index (χ1v) is 11.7. The molecule has 4 aromatic rings. The molecule has 0 saturated heterocycles. The van der Waals surface area contributed by atoms with Gasteiger partial charge in [0.05, 0.1) is 0 Å². The van der Waals surface area contributed by atoms with Crippen molar-refractivity contribution < 1.29 is 9.52 Å². The second kappa shape index (κ2) is 9.11. The zero-order chi connectivity index (χ0) is 22.8. The van der Waals surface area contributed by atoms with Crippen molar-refractivity contribution in [2.45, 2.75) is 39.5 Å². The average molecular weight is 436 g/mol. The number of aromatic nitrogens is 1. The van der Waals surface area contributed by atoms with Crippen molar-refractivity contribution in [3.05, 3.63) is 101 Å². The SMILES string of the molecule is Cc1ccc(-c2nc(C3=CCCCC3Cc3cccc(O)c3)oc2-c2ccc(C)cc2)cc1. The third-order valence-electron chi connectivity index (χ3n) is 6.47. The predicted molar refractivity (Wildman–Crippen MR) is 134 cm³/mol. The molecule has 1 atom stereocenters. The van der Waals surface area contributed by atoms with Crippen molar-refractivity contribution in [2.75, 3.05) is 0 Å². The maximum atomic E-state index is 9.91. The number of aryl methyl sites for hydroxylation is 2. The molecule has 3 aromatic carbocycles. The van der Waals surface area contributed by atoms with E-state index in [0.29, 0.717) is 17.6 Å². The fourth-order valence-corrected chi connectivity index (χ4v) is 4.64. The van der Waals surface area contributed by atoms with Crippen LogP contribution in [-0.2, 0) is 6.42 Å². The maximum absolute atomic E-state index is 9.91. The van der Waals surface area contributed by atoms with Crippen molar-refractivity contribution in [1.29, 1.82) is 0 Å². The highest BCUT2D eigenvalue weighted by molar-refractivity contribution is 5.79. The average Bonchev–Trinajstić information content (AvgIpc) is 3.26. The van der Waals surface area contributed by atoms with Gasteiger partial charge in [0.25, 0.3) is 0 Å². The predicted octanol–water partition coefficient (Wildman–Crippen LogP) is 7.76. The van der Waals surface area contributed by atoms with Gasteiger partial charge in [0.1, 0.15) is 11.4 Å². The molecule has 0 amide bonds. The number of allylic oxidation sites excluding steroid dienone is 2. The van der Waals surface area contributed by atoms with E-state index in [9.17, 15) is 5.11 Å². The molecule has 166 valence electrons. The molecule has 0 radical (unpaired) electrons. The lowest BCUT2D eigenvalue weighted by Crippen LogP contribution is -2.11. The first kappa shape index (κ1) is 21.3. The molecule has 1 aliphatic rings. The summed E-state index contributed by atoms with van der Waals surface area (Å²) in [5, 5.41) is 9.91. The quantitative estimate of drug-likeness (QED) is 0.348. The standard InChI is InChI=1S/C30H29NO2/c1-20-10-14-23(15-11-20)28-29(24-16-12-21(2)13-17-24)33-30(31-28)27-9-4-3-7-25(27)18-22-6-5-8-26(32)19-22/h5-6,8-17,19,25,32H,3-4,7,18H2,1-2H3. The minimum absolute atomic E-state index is 0.313. The van der Waals surface area contributed by atoms with Crippen LogP contribution in [0.2, 0.25) is 0 Å². The molecule has 0 spiro atoms. The number of benzene rings is 3. The fourth-order valence-electron chi connectivity index (χ4n) is 4.64. The molecule has 1 unspecified atom stereocenters. The van der Waals surface area contributed by atoms with E-state index in [2.05, 4.69) is 74.5 Å². The summed E-state index contributed by atoms with van der Waals surface area (Å²) in [6.07, 6.45) is 6.43. The van der Waals surface area contributed by atoms with Gasteiger partial charge in [-0.25, -0.2) is 4.98 Å². The Morgan fingerprint density at radius 1 is 0.909 bits per heavy atom. The van der Waals surface area contributed by atoms with Crippen molar-refractivity contribution in [3.63, 3.8) is 0 Å². The summed E-state index contributed by atoms with van der Waals surface area (Å²) in [5.74, 6) is 2.16. The number of hydrogen-bond acceptors (Lipinski definition) is 3. The lowest BCUT2D eigenvalue weighted by molar-refractivity contribution is 0.472. The Morgan fingerprint density at radius 2 is 1.61 bits per heavy atom. The molecule has 5 rings (SSSR count). The molecule has 0 fully saturated rings. The molecule has 1 aromatic heterocycles. The van der Waals surface area contributed by atoms with Crippen LogP contribution in [0.25, 0.3) is 28.2 Å². The summed E-state index contributed by atoms with van der Waals surface area (Å²) in [5.41, 5.74) is 7.74. The van der Waals surface area contributed by atoms with E-state index >= 15 is 0 Å². The molecule has 33 heavy (non-hydrogen) atoms. The van der Waals surface area contributed by atoms with E-state index in [0.717, 1.165) is 53.8 Å². The summed E-state index contributed by atoms with van der Waals surface area (Å²) < 4.78 is 6.53. The molecule has 1 aliphatic carbocycles. The zero-order valence-corrected chi connectivity index (χ0v) is 19.2. The third kappa shape index (κ3) is 4.63. The smallest absolute Gasteiger partial charge is 0.223 e. The van der Waals surface area contributed by atoms with Crippen molar-refractivity contribution in [1.82, 2.24) is 4.98 Å². The number of aromatic hydroxyl groups is 1. The minimum atomic E-state index is 0.313. The Balaban J connectivity index is 1.56. The van der Waals surface area contributed by atoms with Crippen LogP contribution < -0.4 is 0 Å². The molecule has 1 heterocycles. The molecule has 0 aliphatic heterocycles. The third-order valence-corrected chi connectivity index (χ3v) is 6.47. The van der Waals surface area contributed by atoms with Crippen LogP contribution in [0.15, 0.2) is 83.3 Å². The first-order chi connectivity index (χ1) is 16.1. The molecule has 0 saturated carbocycles. The lowest BCUT2D eigenvalue weighted by Gasteiger charge is -2.22. The van der Waals surface area contributed by atoms with Gasteiger partial charge in [-0.15, -0.1) is 0 Å². The first-order valence-electron chi connectivity index (χ1n) is 11.7. The van der Waals surface area contributed by atoms with Gasteiger partial charge in [-0.05, 0) is 63.1 Å². The molecule has 0 bridgehead atoms. The van der Waals surface area contributed by atoms with Crippen LogP contribution in [0.1, 0.15) is 41.8 Å². The van der Waals surface area contributed by atoms with Crippen molar-refractivity contribution in [3.8, 4) is 28.3 Å². The summed E-state index contributed by atoms with van der Waals surface area (Å²) in [6, 6.07) is 24.5. The Bertz CT molecular complexity index is 1220. The minimum Gasteiger partial charge on any atom is -0.508 e. The number of oxazole rings is 1. The van der Waals surface area contributed by atoms with Gasteiger partial charge in [0.15, 0.2) is 5.76 Å². The van der Waals surface area contributed by atoms with Gasteiger partial charge in [-0.2, -0.15) is 0 Å². The van der Waals surface area contributed by atoms with Crippen molar-refractivity contribution in [2.24, 2.45) is 5.92 Å². The lowest BCUT2D eigenvalue weighted by atomic mass is 9.83. The normalized spacial score (nSPS) is 15.9. The monoisotopic (exact) mass is 435 g/mol. The largest absolute Gasteiger partial charge is 0.508 e. The summed E-state index contributed by atoms with van der Waals surface area (Å²) in [4.78, 5) is 5.06. The second-order valence-corrected chi connectivity index (χ2v) is 9.09. The number of phenolic OH excluding ortho intramolecular Hbond substituents is 1. The molecular weight excluding hydrogens is 406 g/mol.